The molecular formula is C22H39N. The lowest BCUT2D eigenvalue weighted by atomic mass is 9.71. The van der Waals surface area contributed by atoms with Gasteiger partial charge in [0.1, 0.15) is 0 Å². The average molecular weight is 318 g/mol. The molecule has 1 aromatic rings. The van der Waals surface area contributed by atoms with Crippen molar-refractivity contribution in [3.8, 4) is 0 Å². The number of nitrogens with zero attached hydrogens (tertiary/aromatic N) is 1. The second kappa shape index (κ2) is 6.57. The highest BCUT2D eigenvalue weighted by atomic mass is 14.7. The summed E-state index contributed by atoms with van der Waals surface area (Å²) in [5.74, 6) is 0. The van der Waals surface area contributed by atoms with Gasteiger partial charge in [-0.05, 0) is 40.7 Å². The first-order valence-corrected chi connectivity index (χ1v) is 9.16. The zero-order valence-corrected chi connectivity index (χ0v) is 17.3. The van der Waals surface area contributed by atoms with Crippen LogP contribution < -0.4 is 0 Å². The van der Waals surface area contributed by atoms with Crippen LogP contribution in [0, 0.1) is 10.8 Å². The van der Waals surface area contributed by atoms with E-state index < -0.39 is 0 Å². The first-order valence-electron chi connectivity index (χ1n) is 9.16. The van der Waals surface area contributed by atoms with Crippen molar-refractivity contribution < 1.29 is 0 Å². The summed E-state index contributed by atoms with van der Waals surface area (Å²) in [7, 11) is 0. The SMILES string of the molecule is CCC(C)(C)CC(C)(C)c1ccc(C(C)(C)CC(C)(C)C)cn1. The van der Waals surface area contributed by atoms with Crippen molar-refractivity contribution in [2.45, 2.75) is 99.3 Å². The van der Waals surface area contributed by atoms with Crippen LogP contribution in [0.3, 0.4) is 0 Å². The summed E-state index contributed by atoms with van der Waals surface area (Å²) in [6, 6.07) is 4.56. The predicted molar refractivity (Wildman–Crippen MR) is 103 cm³/mol. The quantitative estimate of drug-likeness (QED) is 0.556. The van der Waals surface area contributed by atoms with Crippen molar-refractivity contribution >= 4 is 0 Å². The lowest BCUT2D eigenvalue weighted by Crippen LogP contribution is -2.28. The third kappa shape index (κ3) is 5.94. The third-order valence-electron chi connectivity index (χ3n) is 5.09. The molecule has 0 saturated heterocycles. The lowest BCUT2D eigenvalue weighted by Gasteiger charge is -2.35. The highest BCUT2D eigenvalue weighted by molar-refractivity contribution is 5.25. The van der Waals surface area contributed by atoms with Crippen LogP contribution in [0.5, 0.6) is 0 Å². The van der Waals surface area contributed by atoms with Gasteiger partial charge in [-0.3, -0.25) is 4.98 Å². The smallest absolute Gasteiger partial charge is 0.0460 e. The minimum absolute atomic E-state index is 0.117. The molecule has 1 heterocycles. The Hall–Kier alpha value is -0.850. The summed E-state index contributed by atoms with van der Waals surface area (Å²) >= 11 is 0. The molecule has 0 unspecified atom stereocenters. The Kier molecular flexibility index (Phi) is 5.77. The maximum Gasteiger partial charge on any atom is 0.0460 e. The molecule has 0 fully saturated rings. The zero-order valence-electron chi connectivity index (χ0n) is 17.3. The molecule has 0 N–H and O–H groups in total. The molecule has 1 nitrogen and oxygen atoms in total. The minimum atomic E-state index is 0.117. The van der Waals surface area contributed by atoms with Crippen molar-refractivity contribution in [3.63, 3.8) is 0 Å². The first kappa shape index (κ1) is 20.2. The van der Waals surface area contributed by atoms with Crippen LogP contribution in [0.25, 0.3) is 0 Å². The van der Waals surface area contributed by atoms with Gasteiger partial charge in [0.15, 0.2) is 0 Å². The van der Waals surface area contributed by atoms with Gasteiger partial charge < -0.3 is 0 Å². The summed E-state index contributed by atoms with van der Waals surface area (Å²) in [5.41, 5.74) is 3.53. The standard InChI is InChI=1S/C22H39N/c1-11-20(5,6)16-22(9,10)18-13-12-17(14-23-18)21(7,8)15-19(2,3)4/h12-14H,11,15-16H2,1-10H3. The summed E-state index contributed by atoms with van der Waals surface area (Å²) in [6.45, 7) is 23.2. The van der Waals surface area contributed by atoms with Crippen LogP contribution in [0.15, 0.2) is 18.3 Å². The Morgan fingerprint density at radius 2 is 1.35 bits per heavy atom. The number of hydrogen-bond donors (Lipinski definition) is 0. The van der Waals surface area contributed by atoms with Gasteiger partial charge in [0, 0.05) is 17.3 Å². The van der Waals surface area contributed by atoms with Gasteiger partial charge in [-0.15, -0.1) is 0 Å². The van der Waals surface area contributed by atoms with Crippen LogP contribution in [0.1, 0.15) is 99.8 Å². The molecule has 1 heteroatoms. The van der Waals surface area contributed by atoms with Crippen LogP contribution in [-0.2, 0) is 10.8 Å². The largest absolute Gasteiger partial charge is 0.260 e. The van der Waals surface area contributed by atoms with E-state index in [0.29, 0.717) is 10.8 Å². The summed E-state index contributed by atoms with van der Waals surface area (Å²) in [5, 5.41) is 0. The van der Waals surface area contributed by atoms with E-state index in [1.54, 1.807) is 0 Å². The fraction of sp³-hybridized carbons (Fsp3) is 0.773. The van der Waals surface area contributed by atoms with Crippen molar-refractivity contribution in [2.24, 2.45) is 10.8 Å². The first-order chi connectivity index (χ1) is 10.2. The molecule has 0 aliphatic rings. The van der Waals surface area contributed by atoms with Crippen molar-refractivity contribution in [1.29, 1.82) is 0 Å². The number of pyridine rings is 1. The Morgan fingerprint density at radius 1 is 0.783 bits per heavy atom. The Morgan fingerprint density at radius 3 is 1.74 bits per heavy atom. The van der Waals surface area contributed by atoms with E-state index in [0.717, 1.165) is 12.8 Å². The van der Waals surface area contributed by atoms with Crippen molar-refractivity contribution in [1.82, 2.24) is 4.98 Å². The maximum absolute atomic E-state index is 4.87. The summed E-state index contributed by atoms with van der Waals surface area (Å²) < 4.78 is 0. The molecular weight excluding hydrogens is 278 g/mol. The Bertz CT molecular complexity index is 498. The molecule has 23 heavy (non-hydrogen) atoms. The average Bonchev–Trinajstić information content (AvgIpc) is 2.35. The van der Waals surface area contributed by atoms with E-state index >= 15 is 0 Å². The molecule has 1 rings (SSSR count). The second-order valence-corrected chi connectivity index (χ2v) is 10.6. The maximum atomic E-state index is 4.87. The monoisotopic (exact) mass is 317 g/mol. The zero-order chi connectivity index (χ0) is 18.1. The van der Waals surface area contributed by atoms with Crippen LogP contribution >= 0.6 is 0 Å². The van der Waals surface area contributed by atoms with E-state index in [2.05, 4.69) is 87.6 Å². The molecule has 1 aromatic heterocycles. The highest BCUT2D eigenvalue weighted by Gasteiger charge is 2.31. The van der Waals surface area contributed by atoms with Crippen molar-refractivity contribution in [2.75, 3.05) is 0 Å². The van der Waals surface area contributed by atoms with E-state index in [1.807, 2.05) is 0 Å². The number of aromatic nitrogens is 1. The van der Waals surface area contributed by atoms with Gasteiger partial charge in [0.05, 0.1) is 0 Å². The number of hydrogen-bond acceptors (Lipinski definition) is 1. The normalized spacial score (nSPS) is 14.2. The second-order valence-electron chi connectivity index (χ2n) is 10.6. The Balaban J connectivity index is 3.00. The molecule has 0 aliphatic heterocycles. The molecule has 0 aliphatic carbocycles. The van der Waals surface area contributed by atoms with Gasteiger partial charge in [-0.1, -0.05) is 81.7 Å². The molecule has 0 bridgehead atoms. The Labute approximate surface area is 145 Å². The van der Waals surface area contributed by atoms with Gasteiger partial charge in [0.25, 0.3) is 0 Å². The topological polar surface area (TPSA) is 12.9 Å². The fourth-order valence-corrected chi connectivity index (χ4v) is 4.03. The predicted octanol–water partition coefficient (Wildman–Crippen LogP) is 6.90. The van der Waals surface area contributed by atoms with Gasteiger partial charge in [-0.2, -0.15) is 0 Å². The fourth-order valence-electron chi connectivity index (χ4n) is 4.03. The van der Waals surface area contributed by atoms with E-state index in [1.165, 1.54) is 17.7 Å². The third-order valence-corrected chi connectivity index (χ3v) is 5.09. The van der Waals surface area contributed by atoms with Crippen LogP contribution in [0.2, 0.25) is 0 Å². The minimum Gasteiger partial charge on any atom is -0.260 e. The molecule has 0 saturated carbocycles. The molecule has 0 spiro atoms. The molecule has 132 valence electrons. The number of rotatable bonds is 6. The van der Waals surface area contributed by atoms with Crippen LogP contribution in [0.4, 0.5) is 0 Å². The van der Waals surface area contributed by atoms with E-state index in [4.69, 9.17) is 4.98 Å². The molecule has 0 amide bonds. The lowest BCUT2D eigenvalue weighted by molar-refractivity contribution is 0.244. The van der Waals surface area contributed by atoms with E-state index in [-0.39, 0.29) is 10.8 Å². The molecule has 0 atom stereocenters. The summed E-state index contributed by atoms with van der Waals surface area (Å²) in [6.07, 6.45) is 5.64. The summed E-state index contributed by atoms with van der Waals surface area (Å²) in [4.78, 5) is 4.87. The highest BCUT2D eigenvalue weighted by Crippen LogP contribution is 2.39. The van der Waals surface area contributed by atoms with Gasteiger partial charge in [-0.25, -0.2) is 0 Å². The van der Waals surface area contributed by atoms with Crippen molar-refractivity contribution in [3.05, 3.63) is 29.6 Å². The molecule has 0 aromatic carbocycles. The van der Waals surface area contributed by atoms with E-state index in [9.17, 15) is 0 Å². The molecule has 0 radical (unpaired) electrons. The van der Waals surface area contributed by atoms with Gasteiger partial charge in [0.2, 0.25) is 0 Å². The van der Waals surface area contributed by atoms with Crippen LogP contribution in [-0.4, -0.2) is 4.98 Å². The van der Waals surface area contributed by atoms with Gasteiger partial charge >= 0.3 is 0 Å².